The Balaban J connectivity index is 2.93. The van der Waals surface area contributed by atoms with Gasteiger partial charge in [0.05, 0.1) is 6.04 Å². The van der Waals surface area contributed by atoms with Crippen LogP contribution < -0.4 is 45.0 Å². The zero-order valence-corrected chi connectivity index (χ0v) is 22.4. The van der Waals surface area contributed by atoms with Crippen LogP contribution in [-0.4, -0.2) is 96.0 Å². The Hall–Kier alpha value is -3.66. The molecule has 4 atom stereocenters. The quantitative estimate of drug-likeness (QED) is 0.0456. The van der Waals surface area contributed by atoms with E-state index < -0.39 is 47.9 Å². The van der Waals surface area contributed by atoms with E-state index in [1.807, 2.05) is 0 Å². The monoisotopic (exact) mass is 555 g/mol. The van der Waals surface area contributed by atoms with Crippen LogP contribution in [0.25, 0.3) is 0 Å². The molecule has 0 aliphatic carbocycles. The molecular weight excluding hydrogens is 510 g/mol. The minimum Gasteiger partial charge on any atom is -0.480 e. The molecule has 0 spiro atoms. The number of hydrogen-bond donors (Lipinski definition) is 9. The van der Waals surface area contributed by atoms with Gasteiger partial charge < -0.3 is 55.0 Å². The first kappa shape index (κ1) is 33.4. The molecule has 1 heterocycles. The van der Waals surface area contributed by atoms with Gasteiger partial charge in [-0.1, -0.05) is 0 Å². The molecule has 0 saturated carbocycles. The van der Waals surface area contributed by atoms with E-state index in [4.69, 9.17) is 34.4 Å². The largest absolute Gasteiger partial charge is 0.480 e. The number of guanidine groups is 2. The first-order valence-corrected chi connectivity index (χ1v) is 13.2. The molecule has 1 rings (SSSR count). The van der Waals surface area contributed by atoms with Gasteiger partial charge in [-0.15, -0.1) is 0 Å². The summed E-state index contributed by atoms with van der Waals surface area (Å²) in [7, 11) is 0. The number of nitrogens with one attached hydrogen (secondary N) is 2. The summed E-state index contributed by atoms with van der Waals surface area (Å²) in [6, 6.07) is -3.84. The van der Waals surface area contributed by atoms with Crippen LogP contribution >= 0.6 is 0 Å². The van der Waals surface area contributed by atoms with E-state index in [9.17, 15) is 24.3 Å². The maximum Gasteiger partial charge on any atom is 0.326 e. The Kier molecular flexibility index (Phi) is 15.2. The third-order valence-electron chi connectivity index (χ3n) is 6.26. The molecule has 16 heteroatoms. The molecule has 3 amide bonds. The fraction of sp³-hybridized carbons (Fsp3) is 0.739. The smallest absolute Gasteiger partial charge is 0.326 e. The van der Waals surface area contributed by atoms with Gasteiger partial charge in [0, 0.05) is 19.6 Å². The Labute approximate surface area is 228 Å². The zero-order chi connectivity index (χ0) is 29.4. The first-order chi connectivity index (χ1) is 18.5. The van der Waals surface area contributed by atoms with Crippen LogP contribution in [0.4, 0.5) is 0 Å². The summed E-state index contributed by atoms with van der Waals surface area (Å²) in [4.78, 5) is 60.1. The average molecular weight is 556 g/mol. The number of carboxylic acids is 1. The van der Waals surface area contributed by atoms with E-state index in [1.165, 1.54) is 4.90 Å². The van der Waals surface area contributed by atoms with Crippen molar-refractivity contribution < 1.29 is 24.3 Å². The predicted molar refractivity (Wildman–Crippen MR) is 147 cm³/mol. The van der Waals surface area contributed by atoms with Gasteiger partial charge in [0.1, 0.15) is 18.1 Å². The number of nitrogens with zero attached hydrogens (tertiary/aromatic N) is 3. The van der Waals surface area contributed by atoms with Crippen molar-refractivity contribution in [1.29, 1.82) is 0 Å². The van der Waals surface area contributed by atoms with Crippen LogP contribution in [0.3, 0.4) is 0 Å². The zero-order valence-electron chi connectivity index (χ0n) is 22.4. The van der Waals surface area contributed by atoms with E-state index in [-0.39, 0.29) is 44.3 Å². The van der Waals surface area contributed by atoms with Crippen molar-refractivity contribution >= 4 is 35.6 Å². The van der Waals surface area contributed by atoms with Gasteiger partial charge in [0.15, 0.2) is 11.9 Å². The fourth-order valence-electron chi connectivity index (χ4n) is 4.21. The standard InChI is InChI=1S/C23H45N11O5/c24-10-2-1-7-16(21(38)39)33-19(36)17-9-5-13-34(17)20(37)15(8-4-12-31-23(28)29)32-18(35)14(25)6-3-11-30-22(26)27/h14-17H,1-13,24-25H2,(H,32,35)(H,33,36)(H,38,39)(H4,26,27,30)(H4,28,29,31)/t14-,15-,16-,17-/m0/s1. The maximum absolute atomic E-state index is 13.5. The van der Waals surface area contributed by atoms with Crippen LogP contribution in [0.15, 0.2) is 9.98 Å². The molecule has 0 aromatic carbocycles. The number of likely N-dealkylation sites (tertiary alicyclic amines) is 1. The second-order valence-electron chi connectivity index (χ2n) is 9.44. The third-order valence-corrected chi connectivity index (χ3v) is 6.26. The number of aliphatic carboxylic acids is 1. The number of unbranched alkanes of at least 4 members (excludes halogenated alkanes) is 1. The molecule has 222 valence electrons. The highest BCUT2D eigenvalue weighted by Crippen LogP contribution is 2.20. The number of nitrogens with two attached hydrogens (primary N) is 6. The predicted octanol–water partition coefficient (Wildman–Crippen LogP) is -3.40. The Morgan fingerprint density at radius 1 is 0.872 bits per heavy atom. The highest BCUT2D eigenvalue weighted by atomic mass is 16.4. The second kappa shape index (κ2) is 17.8. The summed E-state index contributed by atoms with van der Waals surface area (Å²) in [5, 5.41) is 14.8. The summed E-state index contributed by atoms with van der Waals surface area (Å²) in [6.07, 6.45) is 3.63. The van der Waals surface area contributed by atoms with Gasteiger partial charge in [-0.05, 0) is 64.3 Å². The molecule has 1 aliphatic heterocycles. The highest BCUT2D eigenvalue weighted by Gasteiger charge is 2.39. The van der Waals surface area contributed by atoms with Crippen LogP contribution in [0.1, 0.15) is 57.8 Å². The lowest BCUT2D eigenvalue weighted by Gasteiger charge is -2.30. The number of amides is 3. The van der Waals surface area contributed by atoms with Gasteiger partial charge in [0.25, 0.3) is 0 Å². The van der Waals surface area contributed by atoms with E-state index in [0.717, 1.165) is 0 Å². The van der Waals surface area contributed by atoms with E-state index in [2.05, 4.69) is 20.6 Å². The molecule has 0 unspecified atom stereocenters. The van der Waals surface area contributed by atoms with Crippen LogP contribution in [0, 0.1) is 0 Å². The van der Waals surface area contributed by atoms with Gasteiger partial charge in [0.2, 0.25) is 17.7 Å². The molecule has 15 N–H and O–H groups in total. The third kappa shape index (κ3) is 12.6. The number of carbonyl (C=O) groups excluding carboxylic acids is 3. The van der Waals surface area contributed by atoms with Crippen molar-refractivity contribution in [3.63, 3.8) is 0 Å². The fourth-order valence-corrected chi connectivity index (χ4v) is 4.21. The molecule has 1 fully saturated rings. The molecule has 16 nitrogen and oxygen atoms in total. The second-order valence-corrected chi connectivity index (χ2v) is 9.44. The highest BCUT2D eigenvalue weighted by molar-refractivity contribution is 5.94. The Morgan fingerprint density at radius 3 is 2.03 bits per heavy atom. The van der Waals surface area contributed by atoms with E-state index in [0.29, 0.717) is 51.6 Å². The Bertz CT molecular complexity index is 875. The van der Waals surface area contributed by atoms with Crippen molar-refractivity contribution in [3.05, 3.63) is 0 Å². The summed E-state index contributed by atoms with van der Waals surface area (Å²) in [6.45, 7) is 1.24. The number of rotatable bonds is 18. The minimum atomic E-state index is -1.16. The maximum atomic E-state index is 13.5. The minimum absolute atomic E-state index is 0.0612. The van der Waals surface area contributed by atoms with Gasteiger partial charge in [-0.2, -0.15) is 0 Å². The van der Waals surface area contributed by atoms with Crippen LogP contribution in [0.5, 0.6) is 0 Å². The topological polar surface area (TPSA) is 297 Å². The lowest BCUT2D eigenvalue weighted by molar-refractivity contribution is -0.145. The van der Waals surface area contributed by atoms with Crippen LogP contribution in [-0.2, 0) is 19.2 Å². The molecule has 0 aromatic rings. The first-order valence-electron chi connectivity index (χ1n) is 13.2. The normalized spacial score (nSPS) is 17.0. The summed E-state index contributed by atoms with van der Waals surface area (Å²) in [5.74, 6) is -2.87. The SMILES string of the molecule is NCCCC[C@H](NC(=O)[C@@H]1CCCN1C(=O)[C@H](CCCN=C(N)N)NC(=O)[C@@H](N)CCCN=C(N)N)C(=O)O. The molecule has 1 aliphatic rings. The van der Waals surface area contributed by atoms with Gasteiger partial charge in [-0.3, -0.25) is 24.4 Å². The van der Waals surface area contributed by atoms with Gasteiger partial charge >= 0.3 is 5.97 Å². The Morgan fingerprint density at radius 2 is 1.46 bits per heavy atom. The number of hydrogen-bond acceptors (Lipinski definition) is 8. The lowest BCUT2D eigenvalue weighted by Crippen LogP contribution is -2.56. The van der Waals surface area contributed by atoms with Crippen molar-refractivity contribution in [2.75, 3.05) is 26.2 Å². The molecule has 0 bridgehead atoms. The number of carboxylic acid groups (broad SMARTS) is 1. The summed E-state index contributed by atoms with van der Waals surface area (Å²) < 4.78 is 0. The molecule has 1 saturated heterocycles. The molecular formula is C23H45N11O5. The summed E-state index contributed by atoms with van der Waals surface area (Å²) >= 11 is 0. The molecule has 0 radical (unpaired) electrons. The lowest BCUT2D eigenvalue weighted by atomic mass is 10.1. The number of carbonyl (C=O) groups is 4. The average Bonchev–Trinajstić information content (AvgIpc) is 3.37. The van der Waals surface area contributed by atoms with Crippen molar-refractivity contribution in [2.45, 2.75) is 82.0 Å². The number of aliphatic imine (C=N–C) groups is 2. The van der Waals surface area contributed by atoms with Crippen LogP contribution in [0.2, 0.25) is 0 Å². The molecule has 0 aromatic heterocycles. The van der Waals surface area contributed by atoms with E-state index >= 15 is 0 Å². The van der Waals surface area contributed by atoms with Crippen molar-refractivity contribution in [2.24, 2.45) is 44.4 Å². The molecule has 39 heavy (non-hydrogen) atoms. The van der Waals surface area contributed by atoms with E-state index in [1.54, 1.807) is 0 Å². The summed E-state index contributed by atoms with van der Waals surface area (Å²) in [5.41, 5.74) is 32.8. The van der Waals surface area contributed by atoms with Crippen molar-refractivity contribution in [3.8, 4) is 0 Å². The van der Waals surface area contributed by atoms with Crippen molar-refractivity contribution in [1.82, 2.24) is 15.5 Å². The van der Waals surface area contributed by atoms with Gasteiger partial charge in [-0.25, -0.2) is 4.79 Å².